The largest absolute Gasteiger partial charge is 0.497 e. The summed E-state index contributed by atoms with van der Waals surface area (Å²) in [5, 5.41) is 7.34. The van der Waals surface area contributed by atoms with E-state index in [2.05, 4.69) is 26.7 Å². The molecule has 0 atom stereocenters. The van der Waals surface area contributed by atoms with Crippen molar-refractivity contribution in [3.05, 3.63) is 84.2 Å². The number of rotatable bonds is 7. The Morgan fingerprint density at radius 2 is 2.00 bits per heavy atom. The number of fused-ring (bicyclic) bond motifs is 1. The molecule has 0 aliphatic heterocycles. The van der Waals surface area contributed by atoms with Crippen LogP contribution in [0.25, 0.3) is 10.9 Å². The molecule has 0 unspecified atom stereocenters. The van der Waals surface area contributed by atoms with E-state index in [-0.39, 0.29) is 5.91 Å². The van der Waals surface area contributed by atoms with Gasteiger partial charge in [-0.2, -0.15) is 0 Å². The van der Waals surface area contributed by atoms with Crippen LogP contribution in [0.3, 0.4) is 0 Å². The maximum atomic E-state index is 12.4. The summed E-state index contributed by atoms with van der Waals surface area (Å²) in [4.78, 5) is 20.0. The Morgan fingerprint density at radius 1 is 1.10 bits per heavy atom. The molecule has 146 valence electrons. The monoisotopic (exact) mass is 386 g/mol. The molecule has 0 fully saturated rings. The van der Waals surface area contributed by atoms with Crippen LogP contribution in [0.2, 0.25) is 0 Å². The molecule has 4 rings (SSSR count). The van der Waals surface area contributed by atoms with Gasteiger partial charge in [-0.15, -0.1) is 0 Å². The zero-order valence-electron chi connectivity index (χ0n) is 16.1. The van der Waals surface area contributed by atoms with E-state index in [0.29, 0.717) is 17.9 Å². The molecule has 0 saturated carbocycles. The first-order valence-electron chi connectivity index (χ1n) is 9.43. The number of anilines is 2. The Bertz CT molecular complexity index is 1120. The molecule has 3 N–H and O–H groups in total. The first kappa shape index (κ1) is 18.6. The van der Waals surface area contributed by atoms with Gasteiger partial charge in [0, 0.05) is 41.6 Å². The topological polar surface area (TPSA) is 79.0 Å². The molecule has 0 saturated heterocycles. The van der Waals surface area contributed by atoms with Gasteiger partial charge in [0.05, 0.1) is 12.7 Å². The number of H-pyrrole nitrogens is 1. The quantitative estimate of drug-likeness (QED) is 0.443. The summed E-state index contributed by atoms with van der Waals surface area (Å²) in [7, 11) is 1.63. The number of aromatic nitrogens is 2. The summed E-state index contributed by atoms with van der Waals surface area (Å²) in [6, 6.07) is 19.3. The molecule has 2 aromatic carbocycles. The number of carbonyl (C=O) groups excluding carboxylic acids is 1. The van der Waals surface area contributed by atoms with Crippen molar-refractivity contribution in [3.63, 3.8) is 0 Å². The highest BCUT2D eigenvalue weighted by molar-refractivity contribution is 5.94. The minimum absolute atomic E-state index is 0.134. The Kier molecular flexibility index (Phi) is 5.42. The molecule has 0 aliphatic carbocycles. The molecule has 2 aromatic heterocycles. The van der Waals surface area contributed by atoms with Crippen LogP contribution in [0.5, 0.6) is 5.75 Å². The third-order valence-electron chi connectivity index (χ3n) is 4.72. The van der Waals surface area contributed by atoms with Crippen LogP contribution in [0.4, 0.5) is 11.5 Å². The summed E-state index contributed by atoms with van der Waals surface area (Å²) in [5.41, 5.74) is 3.70. The summed E-state index contributed by atoms with van der Waals surface area (Å²) >= 11 is 0. The van der Waals surface area contributed by atoms with Gasteiger partial charge in [-0.25, -0.2) is 4.98 Å². The van der Waals surface area contributed by atoms with Crippen molar-refractivity contribution in [1.29, 1.82) is 0 Å². The van der Waals surface area contributed by atoms with E-state index in [0.717, 1.165) is 23.4 Å². The summed E-state index contributed by atoms with van der Waals surface area (Å²) < 4.78 is 5.22. The lowest BCUT2D eigenvalue weighted by molar-refractivity contribution is 0.0954. The van der Waals surface area contributed by atoms with E-state index in [9.17, 15) is 4.79 Å². The van der Waals surface area contributed by atoms with Crippen molar-refractivity contribution < 1.29 is 9.53 Å². The van der Waals surface area contributed by atoms with Crippen molar-refractivity contribution in [3.8, 4) is 5.75 Å². The van der Waals surface area contributed by atoms with Gasteiger partial charge >= 0.3 is 0 Å². The molecule has 0 aliphatic rings. The fourth-order valence-electron chi connectivity index (χ4n) is 3.20. The molecule has 6 heteroatoms. The van der Waals surface area contributed by atoms with E-state index in [1.807, 2.05) is 48.7 Å². The third kappa shape index (κ3) is 4.38. The van der Waals surface area contributed by atoms with Crippen LogP contribution in [0.1, 0.15) is 15.9 Å². The van der Waals surface area contributed by atoms with Gasteiger partial charge in [0.1, 0.15) is 11.6 Å². The van der Waals surface area contributed by atoms with E-state index < -0.39 is 0 Å². The second kappa shape index (κ2) is 8.48. The van der Waals surface area contributed by atoms with Gasteiger partial charge in [-0.1, -0.05) is 24.3 Å². The molecule has 0 radical (unpaired) electrons. The molecular weight excluding hydrogens is 364 g/mol. The summed E-state index contributed by atoms with van der Waals surface area (Å²) in [6.07, 6.45) is 4.33. The molecule has 4 aromatic rings. The van der Waals surface area contributed by atoms with Gasteiger partial charge in [0.15, 0.2) is 0 Å². The smallest absolute Gasteiger partial charge is 0.252 e. The second-order valence-electron chi connectivity index (χ2n) is 6.65. The average molecular weight is 386 g/mol. The molecule has 0 spiro atoms. The van der Waals surface area contributed by atoms with E-state index in [1.165, 1.54) is 10.9 Å². The lowest BCUT2D eigenvalue weighted by Crippen LogP contribution is -2.25. The van der Waals surface area contributed by atoms with Crippen molar-refractivity contribution in [2.24, 2.45) is 0 Å². The fourth-order valence-corrected chi connectivity index (χ4v) is 3.20. The molecule has 29 heavy (non-hydrogen) atoms. The van der Waals surface area contributed by atoms with Gasteiger partial charge in [-0.05, 0) is 42.3 Å². The maximum absolute atomic E-state index is 12.4. The number of pyridine rings is 1. The van der Waals surface area contributed by atoms with E-state index in [4.69, 9.17) is 4.74 Å². The molecule has 0 bridgehead atoms. The van der Waals surface area contributed by atoms with Crippen LogP contribution in [0, 0.1) is 0 Å². The number of methoxy groups -OCH3 is 1. The number of hydrogen-bond donors (Lipinski definition) is 3. The predicted molar refractivity (Wildman–Crippen MR) is 115 cm³/mol. The summed E-state index contributed by atoms with van der Waals surface area (Å²) in [6.45, 7) is 0.560. The fraction of sp³-hybridized carbons (Fsp3) is 0.130. The Balaban J connectivity index is 1.33. The number of nitrogens with zero attached hydrogens (tertiary/aromatic N) is 1. The average Bonchev–Trinajstić information content (AvgIpc) is 3.17. The van der Waals surface area contributed by atoms with Crippen LogP contribution in [0.15, 0.2) is 73.1 Å². The number of carbonyl (C=O) groups is 1. The maximum Gasteiger partial charge on any atom is 0.252 e. The van der Waals surface area contributed by atoms with Crippen molar-refractivity contribution in [2.75, 3.05) is 19.0 Å². The number of nitrogens with one attached hydrogen (secondary N) is 3. The zero-order valence-corrected chi connectivity index (χ0v) is 16.1. The number of ether oxygens (including phenoxy) is 1. The van der Waals surface area contributed by atoms with E-state index >= 15 is 0 Å². The number of hydrogen-bond acceptors (Lipinski definition) is 4. The molecular formula is C23H22N4O2. The highest BCUT2D eigenvalue weighted by Crippen LogP contribution is 2.20. The third-order valence-corrected chi connectivity index (χ3v) is 4.72. The van der Waals surface area contributed by atoms with Crippen LogP contribution < -0.4 is 15.4 Å². The normalized spacial score (nSPS) is 10.7. The van der Waals surface area contributed by atoms with Crippen molar-refractivity contribution in [2.45, 2.75) is 6.42 Å². The van der Waals surface area contributed by atoms with Crippen LogP contribution in [-0.2, 0) is 6.42 Å². The Morgan fingerprint density at radius 3 is 2.83 bits per heavy atom. The molecule has 1 amide bonds. The standard InChI is InChI=1S/C23H22N4O2/c1-29-19-6-4-5-18(13-19)27-22-10-9-17(15-26-22)23(28)24-12-11-16-14-25-21-8-3-2-7-20(16)21/h2-10,13-15,25H,11-12H2,1H3,(H,24,28)(H,26,27). The van der Waals surface area contributed by atoms with Crippen molar-refractivity contribution >= 4 is 28.3 Å². The van der Waals surface area contributed by atoms with Crippen LogP contribution in [-0.4, -0.2) is 29.5 Å². The van der Waals surface area contributed by atoms with E-state index in [1.54, 1.807) is 25.4 Å². The number of para-hydroxylation sites is 1. The zero-order chi connectivity index (χ0) is 20.1. The Hall–Kier alpha value is -3.80. The number of benzene rings is 2. The molecule has 2 heterocycles. The SMILES string of the molecule is COc1cccc(Nc2ccc(C(=O)NCCc3c[nH]c4ccccc34)cn2)c1. The van der Waals surface area contributed by atoms with Gasteiger partial charge in [0.2, 0.25) is 0 Å². The van der Waals surface area contributed by atoms with Gasteiger partial charge in [0.25, 0.3) is 5.91 Å². The van der Waals surface area contributed by atoms with Gasteiger partial charge in [-0.3, -0.25) is 4.79 Å². The second-order valence-corrected chi connectivity index (χ2v) is 6.65. The molecule has 6 nitrogen and oxygen atoms in total. The Labute approximate surface area is 168 Å². The van der Waals surface area contributed by atoms with Crippen molar-refractivity contribution in [1.82, 2.24) is 15.3 Å². The first-order chi connectivity index (χ1) is 14.2. The summed E-state index contributed by atoms with van der Waals surface area (Å²) in [5.74, 6) is 1.29. The number of amides is 1. The van der Waals surface area contributed by atoms with Crippen LogP contribution >= 0.6 is 0 Å². The van der Waals surface area contributed by atoms with Gasteiger partial charge < -0.3 is 20.4 Å². The first-order valence-corrected chi connectivity index (χ1v) is 9.43. The minimum atomic E-state index is -0.134. The number of aromatic amines is 1. The highest BCUT2D eigenvalue weighted by atomic mass is 16.5. The predicted octanol–water partition coefficient (Wildman–Crippen LogP) is 4.29. The lowest BCUT2D eigenvalue weighted by Gasteiger charge is -2.08. The minimum Gasteiger partial charge on any atom is -0.497 e. The lowest BCUT2D eigenvalue weighted by atomic mass is 10.1. The highest BCUT2D eigenvalue weighted by Gasteiger charge is 2.08.